The summed E-state index contributed by atoms with van der Waals surface area (Å²) in [6.45, 7) is 5.57. The van der Waals surface area contributed by atoms with Crippen molar-refractivity contribution in [2.45, 2.75) is 70.1 Å². The average Bonchev–Trinajstić information content (AvgIpc) is 3.49. The van der Waals surface area contributed by atoms with Crippen LogP contribution in [0.1, 0.15) is 76.6 Å². The van der Waals surface area contributed by atoms with E-state index in [1.165, 1.54) is 11.1 Å². The summed E-state index contributed by atoms with van der Waals surface area (Å²) >= 11 is 6.47. The van der Waals surface area contributed by atoms with Crippen LogP contribution in [-0.4, -0.2) is 65.9 Å². The van der Waals surface area contributed by atoms with Crippen LogP contribution in [0.2, 0.25) is 5.02 Å². The van der Waals surface area contributed by atoms with Gasteiger partial charge in [-0.2, -0.15) is 0 Å². The number of fused-ring (bicyclic) bond motifs is 5. The average molecular weight is 747 g/mol. The van der Waals surface area contributed by atoms with Crippen molar-refractivity contribution in [3.63, 3.8) is 0 Å². The lowest BCUT2D eigenvalue weighted by atomic mass is 9.68. The minimum absolute atomic E-state index is 0.0152. The molecule has 6 atom stereocenters. The van der Waals surface area contributed by atoms with Crippen LogP contribution in [0.15, 0.2) is 65.2 Å². The van der Waals surface area contributed by atoms with Gasteiger partial charge in [0.05, 0.1) is 42.9 Å². The van der Waals surface area contributed by atoms with Gasteiger partial charge in [0.2, 0.25) is 0 Å². The Kier molecular flexibility index (Phi) is 9.74. The van der Waals surface area contributed by atoms with E-state index in [1.807, 2.05) is 29.7 Å². The number of rotatable bonds is 3. The van der Waals surface area contributed by atoms with Crippen molar-refractivity contribution in [1.82, 2.24) is 9.29 Å². The van der Waals surface area contributed by atoms with Gasteiger partial charge in [-0.1, -0.05) is 36.7 Å². The van der Waals surface area contributed by atoms with Crippen LogP contribution in [-0.2, 0) is 44.4 Å². The number of anilines is 1. The highest BCUT2D eigenvalue weighted by atomic mass is 35.5. The van der Waals surface area contributed by atoms with Gasteiger partial charge in [0, 0.05) is 54.6 Å². The maximum Gasteiger partial charge on any atom is 0.286 e. The molecule has 1 N–H and O–H groups in total. The number of halogens is 1. The first-order valence-electron chi connectivity index (χ1n) is 18.5. The molecule has 0 unspecified atom stereocenters. The van der Waals surface area contributed by atoms with Crippen molar-refractivity contribution in [1.29, 1.82) is 0 Å². The van der Waals surface area contributed by atoms with E-state index in [-0.39, 0.29) is 23.2 Å². The zero-order valence-corrected chi connectivity index (χ0v) is 31.4. The Balaban J connectivity index is 1.18. The number of carbonyl (C=O) groups is 2. The van der Waals surface area contributed by atoms with Crippen molar-refractivity contribution < 1.29 is 28.0 Å². The quantitative estimate of drug-likeness (QED) is 0.296. The number of hydrogen-bond acceptors (Lipinski definition) is 7. The Hall–Kier alpha value is -3.64. The number of carbonyl (C=O) groups excluding carboxylic acids is 2. The Morgan fingerprint density at radius 1 is 1.17 bits per heavy atom. The highest BCUT2D eigenvalue weighted by molar-refractivity contribution is 7.92. The fourth-order valence-corrected chi connectivity index (χ4v) is 11.0. The Bertz CT molecular complexity index is 2010. The van der Waals surface area contributed by atoms with Gasteiger partial charge in [-0.3, -0.25) is 14.3 Å². The summed E-state index contributed by atoms with van der Waals surface area (Å²) in [6.07, 6.45) is 11.7. The maximum atomic E-state index is 14.6. The number of benzene rings is 2. The minimum Gasteiger partial charge on any atom is -0.490 e. The molecule has 12 heteroatoms. The topological polar surface area (TPSA) is 111 Å². The third-order valence-corrected chi connectivity index (χ3v) is 14.0. The molecule has 2 bridgehead atoms. The number of aromatic nitrogens is 1. The van der Waals surface area contributed by atoms with Crippen LogP contribution in [0, 0.1) is 17.8 Å². The molecule has 3 aromatic rings. The molecule has 3 aliphatic heterocycles. The molecule has 1 fully saturated rings. The Labute approximate surface area is 311 Å². The molecule has 2 aliphatic carbocycles. The predicted molar refractivity (Wildman–Crippen MR) is 201 cm³/mol. The number of aryl methyl sites for hydroxylation is 1. The zero-order valence-electron chi connectivity index (χ0n) is 29.9. The second kappa shape index (κ2) is 14.3. The van der Waals surface area contributed by atoms with E-state index in [4.69, 9.17) is 25.8 Å². The second-order valence-electron chi connectivity index (χ2n) is 15.4. The molecular weight excluding hydrogens is 700 g/mol. The molecule has 0 saturated heterocycles. The number of methoxy groups -OCH3 is 1. The summed E-state index contributed by atoms with van der Waals surface area (Å²) in [5, 5.41) is 0.742. The van der Waals surface area contributed by atoms with Gasteiger partial charge < -0.3 is 23.7 Å². The van der Waals surface area contributed by atoms with E-state index in [1.54, 1.807) is 25.4 Å². The van der Waals surface area contributed by atoms with Gasteiger partial charge in [0.1, 0.15) is 15.7 Å². The normalized spacial score (nSPS) is 30.8. The summed E-state index contributed by atoms with van der Waals surface area (Å²) in [7, 11) is -1.76. The molecule has 0 radical (unpaired) electrons. The lowest BCUT2D eigenvalue weighted by Gasteiger charge is -2.46. The van der Waals surface area contributed by atoms with Crippen LogP contribution in [0.25, 0.3) is 0 Å². The van der Waals surface area contributed by atoms with Crippen molar-refractivity contribution in [3.8, 4) is 5.75 Å². The molecule has 2 aromatic carbocycles. The number of amides is 2. The highest BCUT2D eigenvalue weighted by Crippen LogP contribution is 2.47. The van der Waals surface area contributed by atoms with Gasteiger partial charge in [0.15, 0.2) is 0 Å². The van der Waals surface area contributed by atoms with E-state index in [0.29, 0.717) is 61.5 Å². The zero-order chi connectivity index (χ0) is 36.0. The van der Waals surface area contributed by atoms with Gasteiger partial charge in [-0.25, -0.2) is 4.21 Å². The molecule has 1 saturated carbocycles. The van der Waals surface area contributed by atoms with Gasteiger partial charge in [-0.15, -0.1) is 4.36 Å². The second-order valence-corrected chi connectivity index (χ2v) is 17.8. The number of nitrogens with zero attached hydrogens (tertiary/aromatic N) is 3. The van der Waals surface area contributed by atoms with E-state index >= 15 is 0 Å². The first-order chi connectivity index (χ1) is 25.1. The molecule has 4 heterocycles. The van der Waals surface area contributed by atoms with Crippen LogP contribution in [0.4, 0.5) is 5.69 Å². The summed E-state index contributed by atoms with van der Waals surface area (Å²) in [5.74, 6) is 0.148. The van der Waals surface area contributed by atoms with Crippen LogP contribution >= 0.6 is 11.6 Å². The third kappa shape index (κ3) is 6.93. The molecule has 276 valence electrons. The van der Waals surface area contributed by atoms with Gasteiger partial charge >= 0.3 is 0 Å². The summed E-state index contributed by atoms with van der Waals surface area (Å²) in [5.41, 5.74) is 4.65. The van der Waals surface area contributed by atoms with Gasteiger partial charge in [-0.05, 0) is 104 Å². The molecular formula is C40H47ClN4O6S. The van der Waals surface area contributed by atoms with Crippen molar-refractivity contribution in [3.05, 3.63) is 93.8 Å². The number of ether oxygens (including phenoxy) is 3. The SMILES string of the molecule is CO[C@H]1/C=C/C[C@H](C)C[S@@](=O)(NC(=O)c2cc3n(c2)CCOC3)=NC(=O)c2ccc3c(c2)N(C[C@@H]2CC[C@H]21)C[C@@]1(CCCc2cc(Cl)ccc21)CO3. The molecule has 8 rings (SSSR count). The summed E-state index contributed by atoms with van der Waals surface area (Å²) in [4.78, 5) is 30.1. The van der Waals surface area contributed by atoms with E-state index in [0.717, 1.165) is 61.6 Å². The molecule has 52 heavy (non-hydrogen) atoms. The highest BCUT2D eigenvalue weighted by Gasteiger charge is 2.44. The van der Waals surface area contributed by atoms with Crippen LogP contribution in [0.5, 0.6) is 5.75 Å². The number of nitrogens with one attached hydrogen (secondary N) is 1. The summed E-state index contributed by atoms with van der Waals surface area (Å²) < 4.78 is 41.9. The van der Waals surface area contributed by atoms with Crippen molar-refractivity contribution in [2.24, 2.45) is 22.1 Å². The first kappa shape index (κ1) is 35.4. The first-order valence-corrected chi connectivity index (χ1v) is 20.6. The maximum absolute atomic E-state index is 14.6. The van der Waals surface area contributed by atoms with E-state index in [9.17, 15) is 13.8 Å². The minimum atomic E-state index is -3.53. The molecule has 1 aromatic heterocycles. The fraction of sp³-hybridized carbons (Fsp3) is 0.500. The van der Waals surface area contributed by atoms with E-state index in [2.05, 4.69) is 38.3 Å². The smallest absolute Gasteiger partial charge is 0.286 e. The Morgan fingerprint density at radius 2 is 2.06 bits per heavy atom. The fourth-order valence-electron chi connectivity index (χ4n) is 8.92. The van der Waals surface area contributed by atoms with Crippen molar-refractivity contribution >= 4 is 39.0 Å². The lowest BCUT2D eigenvalue weighted by Crippen LogP contribution is -2.49. The monoisotopic (exact) mass is 746 g/mol. The molecule has 10 nitrogen and oxygen atoms in total. The number of allylic oxidation sites excluding steroid dienone is 1. The van der Waals surface area contributed by atoms with Gasteiger partial charge in [0.25, 0.3) is 11.8 Å². The number of hydrogen-bond donors (Lipinski definition) is 1. The van der Waals surface area contributed by atoms with Crippen LogP contribution in [0.3, 0.4) is 0 Å². The molecule has 5 aliphatic rings. The molecule has 2 amide bonds. The van der Waals surface area contributed by atoms with E-state index < -0.39 is 21.7 Å². The molecule has 1 spiro atoms. The largest absolute Gasteiger partial charge is 0.490 e. The Morgan fingerprint density at radius 3 is 2.87 bits per heavy atom. The third-order valence-electron chi connectivity index (χ3n) is 11.7. The van der Waals surface area contributed by atoms with Crippen molar-refractivity contribution in [2.75, 3.05) is 44.1 Å². The standard InChI is InChI=1S/C40H47ClN4O6S/c1-26-5-3-7-36(49-2)33-11-8-29(33)20-45-24-40(14-4-6-27-17-31(41)10-12-34(27)40)25-51-37-13-9-28(19-35(37)45)38(46)42-52(48,23-26)43-39(47)30-18-32-22-50-16-15-44(32)21-30/h3,7,9-10,12-13,17-19,21,26,29,33,36H,4-6,8,11,14-16,20,22-25H2,1-2H3,(H,42,43,46,47,48)/b7-3+/t26-,29-,33+,36-,40-,52-/m0/s1. The lowest BCUT2D eigenvalue weighted by molar-refractivity contribution is 0.0131. The van der Waals surface area contributed by atoms with Crippen LogP contribution < -0.4 is 14.4 Å². The summed E-state index contributed by atoms with van der Waals surface area (Å²) in [6, 6.07) is 13.4. The predicted octanol–water partition coefficient (Wildman–Crippen LogP) is 6.74.